The van der Waals surface area contributed by atoms with Gasteiger partial charge in [0.2, 0.25) is 23.6 Å². The molecule has 0 bridgehead atoms. The fourth-order valence-corrected chi connectivity index (χ4v) is 9.12. The zero-order valence-electron chi connectivity index (χ0n) is 25.1. The Morgan fingerprint density at radius 3 is 2.30 bits per heavy atom. The molecule has 4 aliphatic rings. The number of phenols is 1. The van der Waals surface area contributed by atoms with Crippen molar-refractivity contribution in [3.05, 3.63) is 96.9 Å². The standard InChI is InChI=1S/C34H27Br2N3O8/c1-34-23(31(42)38(33(34)44)16-7-4-3-5-8-16)14-21-19(26(34)22-15-24(47-2)29(40)28(36)27(22)35)11-12-20-25(21)32(43)37(30(20)41)17-9-6-10-18(13-17)39(45)46/h3-11,13,15,20-21,23,25-26,40H,12,14H2,1-2H3. The number of phenolic OH excluding ortho intramolecular Hbond substituents is 1. The van der Waals surface area contributed by atoms with Crippen LogP contribution in [0.15, 0.2) is 81.3 Å². The van der Waals surface area contributed by atoms with Gasteiger partial charge < -0.3 is 9.84 Å². The summed E-state index contributed by atoms with van der Waals surface area (Å²) >= 11 is 7.06. The van der Waals surface area contributed by atoms with Crippen LogP contribution >= 0.6 is 31.9 Å². The van der Waals surface area contributed by atoms with E-state index in [2.05, 4.69) is 31.9 Å². The highest BCUT2D eigenvalue weighted by Gasteiger charge is 2.68. The number of allylic oxidation sites excluding steroid dienone is 2. The van der Waals surface area contributed by atoms with E-state index in [4.69, 9.17) is 4.74 Å². The average molecular weight is 765 g/mol. The average Bonchev–Trinajstić information content (AvgIpc) is 3.44. The number of fused-ring (bicyclic) bond motifs is 4. The van der Waals surface area contributed by atoms with Gasteiger partial charge in [0, 0.05) is 22.5 Å². The summed E-state index contributed by atoms with van der Waals surface area (Å²) in [6.45, 7) is 1.77. The SMILES string of the molecule is COc1cc(C2C3=CCC4C(=O)N(c5cccc([N+](=O)[O-])c5)C(=O)C4C3CC3C(=O)N(c4ccccc4)C(=O)C32C)c(Br)c(Br)c1O. The molecular weight excluding hydrogens is 738 g/mol. The van der Waals surface area contributed by atoms with E-state index in [9.17, 15) is 34.4 Å². The molecule has 2 aliphatic carbocycles. The number of aromatic hydroxyl groups is 1. The molecule has 1 saturated carbocycles. The van der Waals surface area contributed by atoms with Crippen molar-refractivity contribution in [2.45, 2.75) is 25.7 Å². The first-order valence-electron chi connectivity index (χ1n) is 14.9. The number of nitrogens with zero attached hydrogens (tertiary/aromatic N) is 3. The molecule has 0 aromatic heterocycles. The van der Waals surface area contributed by atoms with Crippen LogP contribution in [0.4, 0.5) is 17.1 Å². The lowest BCUT2D eigenvalue weighted by molar-refractivity contribution is -0.384. The molecule has 2 aliphatic heterocycles. The van der Waals surface area contributed by atoms with Gasteiger partial charge in [0.1, 0.15) is 0 Å². The number of benzene rings is 3. The molecule has 3 fully saturated rings. The highest BCUT2D eigenvalue weighted by Crippen LogP contribution is 2.65. The summed E-state index contributed by atoms with van der Waals surface area (Å²) in [4.78, 5) is 70.2. The van der Waals surface area contributed by atoms with Gasteiger partial charge in [-0.1, -0.05) is 35.9 Å². The van der Waals surface area contributed by atoms with Crippen LogP contribution in [-0.4, -0.2) is 40.8 Å². The van der Waals surface area contributed by atoms with Crippen LogP contribution in [0.3, 0.4) is 0 Å². The van der Waals surface area contributed by atoms with Crippen molar-refractivity contribution >= 4 is 72.6 Å². The molecule has 6 unspecified atom stereocenters. The van der Waals surface area contributed by atoms with E-state index in [1.54, 1.807) is 43.3 Å². The first-order valence-corrected chi connectivity index (χ1v) is 16.5. The lowest BCUT2D eigenvalue weighted by atomic mass is 9.51. The third-order valence-electron chi connectivity index (χ3n) is 10.3. The van der Waals surface area contributed by atoms with Gasteiger partial charge in [-0.05, 0) is 87.4 Å². The number of hydrogen-bond acceptors (Lipinski definition) is 8. The number of hydrogen-bond donors (Lipinski definition) is 1. The number of rotatable bonds is 5. The molecule has 2 saturated heterocycles. The lowest BCUT2D eigenvalue weighted by Crippen LogP contribution is -2.49. The Bertz CT molecular complexity index is 1950. The van der Waals surface area contributed by atoms with Crippen molar-refractivity contribution in [2.24, 2.45) is 29.1 Å². The molecule has 0 spiro atoms. The Balaban J connectivity index is 1.40. The third kappa shape index (κ3) is 4.35. The second kappa shape index (κ2) is 11.1. The summed E-state index contributed by atoms with van der Waals surface area (Å²) in [5, 5.41) is 22.3. The van der Waals surface area contributed by atoms with E-state index >= 15 is 0 Å². The van der Waals surface area contributed by atoms with Crippen LogP contribution in [0, 0.1) is 39.2 Å². The second-order valence-electron chi connectivity index (χ2n) is 12.4. The summed E-state index contributed by atoms with van der Waals surface area (Å²) in [6, 6.07) is 15.7. The Morgan fingerprint density at radius 2 is 1.62 bits per heavy atom. The largest absolute Gasteiger partial charge is 0.503 e. The molecule has 4 amide bonds. The minimum absolute atomic E-state index is 0.111. The Hall–Kier alpha value is -4.36. The molecule has 1 N–H and O–H groups in total. The van der Waals surface area contributed by atoms with Gasteiger partial charge in [0.05, 0.1) is 51.0 Å². The van der Waals surface area contributed by atoms with Crippen LogP contribution in [-0.2, 0) is 19.2 Å². The van der Waals surface area contributed by atoms with Crippen molar-refractivity contribution < 1.29 is 33.9 Å². The number of anilines is 2. The van der Waals surface area contributed by atoms with Crippen molar-refractivity contribution in [3.63, 3.8) is 0 Å². The fourth-order valence-electron chi connectivity index (χ4n) is 8.16. The monoisotopic (exact) mass is 763 g/mol. The predicted octanol–water partition coefficient (Wildman–Crippen LogP) is 6.27. The van der Waals surface area contributed by atoms with Crippen molar-refractivity contribution in [3.8, 4) is 11.5 Å². The Kier molecular flexibility index (Phi) is 7.39. The zero-order chi connectivity index (χ0) is 33.5. The predicted molar refractivity (Wildman–Crippen MR) is 177 cm³/mol. The van der Waals surface area contributed by atoms with E-state index in [-0.39, 0.29) is 35.7 Å². The van der Waals surface area contributed by atoms with Crippen LogP contribution < -0.4 is 14.5 Å². The molecule has 3 aromatic rings. The minimum Gasteiger partial charge on any atom is -0.503 e. The number of non-ortho nitro benzene ring substituents is 1. The zero-order valence-corrected chi connectivity index (χ0v) is 28.2. The van der Waals surface area contributed by atoms with Crippen LogP contribution in [0.1, 0.15) is 31.2 Å². The number of para-hydroxylation sites is 1. The quantitative estimate of drug-likeness (QED) is 0.139. The van der Waals surface area contributed by atoms with Gasteiger partial charge in [-0.25, -0.2) is 9.80 Å². The molecule has 11 nitrogen and oxygen atoms in total. The van der Waals surface area contributed by atoms with Gasteiger partial charge in [-0.3, -0.25) is 29.3 Å². The van der Waals surface area contributed by atoms with Crippen molar-refractivity contribution in [2.75, 3.05) is 16.9 Å². The fraction of sp³-hybridized carbons (Fsp3) is 0.294. The van der Waals surface area contributed by atoms with Gasteiger partial charge in [0.25, 0.3) is 5.69 Å². The topological polar surface area (TPSA) is 147 Å². The van der Waals surface area contributed by atoms with Gasteiger partial charge in [-0.15, -0.1) is 0 Å². The number of nitro groups is 1. The summed E-state index contributed by atoms with van der Waals surface area (Å²) in [6.07, 6.45) is 2.24. The molecule has 240 valence electrons. The maximum absolute atomic E-state index is 14.6. The molecule has 13 heteroatoms. The number of methoxy groups -OCH3 is 1. The van der Waals surface area contributed by atoms with E-state index in [0.29, 0.717) is 20.2 Å². The number of carbonyl (C=O) groups excluding carboxylic acids is 4. The van der Waals surface area contributed by atoms with E-state index in [1.807, 2.05) is 6.08 Å². The van der Waals surface area contributed by atoms with E-state index < -0.39 is 63.6 Å². The highest BCUT2D eigenvalue weighted by molar-refractivity contribution is 9.13. The minimum atomic E-state index is -1.31. The van der Waals surface area contributed by atoms with Crippen LogP contribution in [0.5, 0.6) is 11.5 Å². The van der Waals surface area contributed by atoms with Crippen LogP contribution in [0.2, 0.25) is 0 Å². The maximum atomic E-state index is 14.6. The summed E-state index contributed by atoms with van der Waals surface area (Å²) in [5.74, 6) is -5.59. The lowest BCUT2D eigenvalue weighted by Gasteiger charge is -2.49. The second-order valence-corrected chi connectivity index (χ2v) is 14.0. The normalized spacial score (nSPS) is 28.2. The molecule has 7 rings (SSSR count). The molecule has 6 atom stereocenters. The number of halogens is 2. The summed E-state index contributed by atoms with van der Waals surface area (Å²) in [7, 11) is 1.41. The molecule has 0 radical (unpaired) electrons. The van der Waals surface area contributed by atoms with E-state index in [1.165, 1.54) is 36.3 Å². The number of nitro benzene ring substituents is 1. The number of carbonyl (C=O) groups is 4. The van der Waals surface area contributed by atoms with Crippen LogP contribution in [0.25, 0.3) is 0 Å². The first-order chi connectivity index (χ1) is 22.4. The van der Waals surface area contributed by atoms with Gasteiger partial charge in [0.15, 0.2) is 11.5 Å². The highest BCUT2D eigenvalue weighted by atomic mass is 79.9. The van der Waals surface area contributed by atoms with Gasteiger partial charge in [-0.2, -0.15) is 0 Å². The Labute approximate surface area is 285 Å². The van der Waals surface area contributed by atoms with E-state index in [0.717, 1.165) is 10.5 Å². The first kappa shape index (κ1) is 31.3. The molecular formula is C34H27Br2N3O8. The number of imide groups is 2. The number of amides is 4. The van der Waals surface area contributed by atoms with Crippen molar-refractivity contribution in [1.29, 1.82) is 0 Å². The smallest absolute Gasteiger partial charge is 0.271 e. The number of ether oxygens (including phenoxy) is 1. The summed E-state index contributed by atoms with van der Waals surface area (Å²) in [5.41, 5.74) is 0.286. The van der Waals surface area contributed by atoms with Crippen molar-refractivity contribution in [1.82, 2.24) is 0 Å². The molecule has 2 heterocycles. The summed E-state index contributed by atoms with van der Waals surface area (Å²) < 4.78 is 6.23. The maximum Gasteiger partial charge on any atom is 0.271 e. The Morgan fingerprint density at radius 1 is 0.915 bits per heavy atom. The van der Waals surface area contributed by atoms with Gasteiger partial charge >= 0.3 is 0 Å². The molecule has 47 heavy (non-hydrogen) atoms. The third-order valence-corrected chi connectivity index (χ3v) is 12.5. The molecule has 3 aromatic carbocycles.